The number of hydrogen-bond donors (Lipinski definition) is 1. The van der Waals surface area contributed by atoms with Crippen LogP contribution in [0.5, 0.6) is 5.75 Å². The van der Waals surface area contributed by atoms with Gasteiger partial charge in [0, 0.05) is 6.54 Å². The van der Waals surface area contributed by atoms with E-state index in [1.54, 1.807) is 11.8 Å². The third kappa shape index (κ3) is 5.39. The van der Waals surface area contributed by atoms with Crippen molar-refractivity contribution in [3.63, 3.8) is 0 Å². The van der Waals surface area contributed by atoms with E-state index in [9.17, 15) is 4.79 Å². The van der Waals surface area contributed by atoms with Crippen molar-refractivity contribution in [1.29, 1.82) is 0 Å². The molecule has 2 aromatic carbocycles. The number of benzene rings is 2. The van der Waals surface area contributed by atoms with Crippen molar-refractivity contribution in [2.75, 3.05) is 13.7 Å². The predicted octanol–water partition coefficient (Wildman–Crippen LogP) is 4.57. The van der Waals surface area contributed by atoms with Crippen LogP contribution in [0.2, 0.25) is 5.15 Å². The lowest BCUT2D eigenvalue weighted by Crippen LogP contribution is -2.25. The Bertz CT molecular complexity index is 963. The van der Waals surface area contributed by atoms with Gasteiger partial charge in [-0.2, -0.15) is 5.10 Å². The van der Waals surface area contributed by atoms with Crippen molar-refractivity contribution in [3.8, 4) is 5.75 Å². The number of nitrogens with zero attached hydrogens (tertiary/aromatic N) is 2. The summed E-state index contributed by atoms with van der Waals surface area (Å²) in [7, 11) is 1.65. The number of hydrogen-bond acceptors (Lipinski definition) is 3. The first kappa shape index (κ1) is 20.9. The molecule has 1 N–H and O–H groups in total. The third-order valence-electron chi connectivity index (χ3n) is 4.83. The summed E-state index contributed by atoms with van der Waals surface area (Å²) < 4.78 is 6.84. The van der Waals surface area contributed by atoms with Gasteiger partial charge in [-0.05, 0) is 49.9 Å². The van der Waals surface area contributed by atoms with Gasteiger partial charge in [0.15, 0.2) is 0 Å². The number of carbonyl (C=O) groups is 1. The summed E-state index contributed by atoms with van der Waals surface area (Å²) in [5.74, 6) is 0.659. The molecule has 0 saturated heterocycles. The minimum absolute atomic E-state index is 0.183. The highest BCUT2D eigenvalue weighted by Crippen LogP contribution is 2.21. The fraction of sp³-hybridized carbons (Fsp3) is 0.304. The van der Waals surface area contributed by atoms with Gasteiger partial charge in [0.25, 0.3) is 5.91 Å². The smallest absolute Gasteiger partial charge is 0.256 e. The summed E-state index contributed by atoms with van der Waals surface area (Å²) in [5.41, 5.74) is 4.58. The minimum Gasteiger partial charge on any atom is -0.497 e. The standard InChI is InChI=1S/C23H26ClN3O2/c1-16-6-8-19(9-7-16)15-27-22(24)21(17(2)26-27)23(28)25-14-4-5-18-10-12-20(29-3)13-11-18/h6-13H,4-5,14-15H2,1-3H3,(H,25,28). The van der Waals surface area contributed by atoms with Crippen molar-refractivity contribution in [1.82, 2.24) is 15.1 Å². The molecular weight excluding hydrogens is 386 g/mol. The van der Waals surface area contributed by atoms with Crippen molar-refractivity contribution < 1.29 is 9.53 Å². The van der Waals surface area contributed by atoms with Crippen molar-refractivity contribution in [2.45, 2.75) is 33.2 Å². The fourth-order valence-corrected chi connectivity index (χ4v) is 3.48. The third-order valence-corrected chi connectivity index (χ3v) is 5.22. The zero-order valence-electron chi connectivity index (χ0n) is 17.0. The summed E-state index contributed by atoms with van der Waals surface area (Å²) in [4.78, 5) is 12.6. The fourth-order valence-electron chi connectivity index (χ4n) is 3.16. The molecule has 1 heterocycles. The molecule has 1 aromatic heterocycles. The van der Waals surface area contributed by atoms with Gasteiger partial charge in [-0.3, -0.25) is 4.79 Å². The van der Waals surface area contributed by atoms with Gasteiger partial charge < -0.3 is 10.1 Å². The van der Waals surface area contributed by atoms with Gasteiger partial charge in [-0.15, -0.1) is 0 Å². The van der Waals surface area contributed by atoms with Crippen LogP contribution in [-0.2, 0) is 13.0 Å². The van der Waals surface area contributed by atoms with Crippen LogP contribution in [0.4, 0.5) is 0 Å². The van der Waals surface area contributed by atoms with Crippen LogP contribution in [0.25, 0.3) is 0 Å². The number of nitrogens with one attached hydrogen (secondary N) is 1. The van der Waals surface area contributed by atoms with Crippen molar-refractivity contribution >= 4 is 17.5 Å². The molecule has 1 amide bonds. The Balaban J connectivity index is 1.56. The molecule has 0 aliphatic carbocycles. The van der Waals surface area contributed by atoms with Gasteiger partial charge in [0.1, 0.15) is 10.9 Å². The Labute approximate surface area is 176 Å². The molecule has 3 rings (SSSR count). The van der Waals surface area contributed by atoms with Crippen LogP contribution in [0.1, 0.15) is 39.2 Å². The Kier molecular flexibility index (Phi) is 6.94. The molecular formula is C23H26ClN3O2. The number of halogens is 1. The van der Waals surface area contributed by atoms with Crippen LogP contribution in [-0.4, -0.2) is 29.3 Å². The number of amides is 1. The van der Waals surface area contributed by atoms with E-state index in [1.807, 2.05) is 50.2 Å². The van der Waals surface area contributed by atoms with Gasteiger partial charge in [0.2, 0.25) is 0 Å². The second kappa shape index (κ2) is 9.61. The number of rotatable bonds is 8. The highest BCUT2D eigenvalue weighted by molar-refractivity contribution is 6.33. The molecule has 6 heteroatoms. The molecule has 5 nitrogen and oxygen atoms in total. The number of carbonyl (C=O) groups excluding carboxylic acids is 1. The lowest BCUT2D eigenvalue weighted by Gasteiger charge is -2.07. The zero-order valence-corrected chi connectivity index (χ0v) is 17.8. The zero-order chi connectivity index (χ0) is 20.8. The van der Waals surface area contributed by atoms with Gasteiger partial charge in [-0.25, -0.2) is 4.68 Å². The minimum atomic E-state index is -0.183. The Hall–Kier alpha value is -2.79. The van der Waals surface area contributed by atoms with Crippen LogP contribution in [0.15, 0.2) is 48.5 Å². The van der Waals surface area contributed by atoms with E-state index in [0.29, 0.717) is 29.5 Å². The number of methoxy groups -OCH3 is 1. The maximum absolute atomic E-state index is 12.6. The van der Waals surface area contributed by atoms with E-state index in [4.69, 9.17) is 16.3 Å². The van der Waals surface area contributed by atoms with Crippen molar-refractivity contribution in [2.24, 2.45) is 0 Å². The van der Waals surface area contributed by atoms with Gasteiger partial charge in [0.05, 0.1) is 24.9 Å². The van der Waals surface area contributed by atoms with Gasteiger partial charge >= 0.3 is 0 Å². The highest BCUT2D eigenvalue weighted by Gasteiger charge is 2.20. The second-order valence-electron chi connectivity index (χ2n) is 7.10. The van der Waals surface area contributed by atoms with E-state index >= 15 is 0 Å². The second-order valence-corrected chi connectivity index (χ2v) is 7.46. The normalized spacial score (nSPS) is 10.8. The Morgan fingerprint density at radius 3 is 2.38 bits per heavy atom. The molecule has 0 aliphatic rings. The maximum atomic E-state index is 12.6. The molecule has 0 radical (unpaired) electrons. The number of aryl methyl sites for hydroxylation is 3. The first-order valence-electron chi connectivity index (χ1n) is 9.67. The topological polar surface area (TPSA) is 56.1 Å². The average Bonchev–Trinajstić information content (AvgIpc) is 3.00. The Morgan fingerprint density at radius 2 is 1.72 bits per heavy atom. The average molecular weight is 412 g/mol. The van der Waals surface area contributed by atoms with Crippen LogP contribution < -0.4 is 10.1 Å². The first-order valence-corrected chi connectivity index (χ1v) is 10.1. The van der Waals surface area contributed by atoms with E-state index in [1.165, 1.54) is 11.1 Å². The summed E-state index contributed by atoms with van der Waals surface area (Å²) in [6.07, 6.45) is 1.72. The van der Waals surface area contributed by atoms with Crippen LogP contribution >= 0.6 is 11.6 Å². The van der Waals surface area contributed by atoms with Gasteiger partial charge in [-0.1, -0.05) is 53.6 Å². The lowest BCUT2D eigenvalue weighted by atomic mass is 10.1. The molecule has 0 fully saturated rings. The summed E-state index contributed by atoms with van der Waals surface area (Å²) >= 11 is 6.47. The van der Waals surface area contributed by atoms with Crippen LogP contribution in [0, 0.1) is 13.8 Å². The summed E-state index contributed by atoms with van der Waals surface area (Å²) in [5, 5.41) is 7.78. The summed E-state index contributed by atoms with van der Waals surface area (Å²) in [6.45, 7) is 4.96. The molecule has 29 heavy (non-hydrogen) atoms. The lowest BCUT2D eigenvalue weighted by molar-refractivity contribution is 0.0952. The van der Waals surface area contributed by atoms with E-state index < -0.39 is 0 Å². The Morgan fingerprint density at radius 1 is 1.07 bits per heavy atom. The first-order chi connectivity index (χ1) is 14.0. The quantitative estimate of drug-likeness (QED) is 0.552. The van der Waals surface area contributed by atoms with E-state index in [-0.39, 0.29) is 5.91 Å². The largest absolute Gasteiger partial charge is 0.497 e. The molecule has 0 saturated carbocycles. The number of aromatic nitrogens is 2. The van der Waals surface area contributed by atoms with Crippen LogP contribution in [0.3, 0.4) is 0 Å². The highest BCUT2D eigenvalue weighted by atomic mass is 35.5. The number of ether oxygens (including phenoxy) is 1. The monoisotopic (exact) mass is 411 g/mol. The molecule has 0 bridgehead atoms. The molecule has 152 valence electrons. The SMILES string of the molecule is COc1ccc(CCCNC(=O)c2c(C)nn(Cc3ccc(C)cc3)c2Cl)cc1. The molecule has 0 aliphatic heterocycles. The predicted molar refractivity (Wildman–Crippen MR) is 116 cm³/mol. The molecule has 0 spiro atoms. The summed E-state index contributed by atoms with van der Waals surface area (Å²) in [6, 6.07) is 16.2. The van der Waals surface area contributed by atoms with E-state index in [0.717, 1.165) is 24.2 Å². The maximum Gasteiger partial charge on any atom is 0.256 e. The molecule has 0 atom stereocenters. The van der Waals surface area contributed by atoms with E-state index in [2.05, 4.69) is 22.5 Å². The molecule has 3 aromatic rings. The van der Waals surface area contributed by atoms with Crippen molar-refractivity contribution in [3.05, 3.63) is 81.6 Å². The molecule has 0 unspecified atom stereocenters.